The van der Waals surface area contributed by atoms with Gasteiger partial charge in [-0.05, 0) is 42.7 Å². The molecule has 1 heterocycles. The minimum absolute atomic E-state index is 0.154. The Kier molecular flexibility index (Phi) is 3.01. The normalized spacial score (nSPS) is 39.7. The van der Waals surface area contributed by atoms with Crippen molar-refractivity contribution in [2.45, 2.75) is 45.6 Å². The Bertz CT molecular complexity index is 451. The Morgan fingerprint density at radius 1 is 1.22 bits per heavy atom. The highest BCUT2D eigenvalue weighted by molar-refractivity contribution is 6.29. The summed E-state index contributed by atoms with van der Waals surface area (Å²) in [5, 5.41) is 4.62. The van der Waals surface area contributed by atoms with Crippen molar-refractivity contribution in [3.05, 3.63) is 22.4 Å². The molecule has 4 atom stereocenters. The molecule has 0 saturated heterocycles. The predicted octanol–water partition coefficient (Wildman–Crippen LogP) is 3.38. The number of allylic oxidation sites excluding steroid dienone is 4. The van der Waals surface area contributed by atoms with Crippen LogP contribution in [0.3, 0.4) is 0 Å². The summed E-state index contributed by atoms with van der Waals surface area (Å²) in [5.74, 6) is 1.68. The van der Waals surface area contributed by atoms with Crippen molar-refractivity contribution in [1.82, 2.24) is 5.32 Å². The largest absolute Gasteiger partial charge is 0.384 e. The van der Waals surface area contributed by atoms with Crippen LogP contribution in [-0.2, 0) is 4.79 Å². The van der Waals surface area contributed by atoms with Gasteiger partial charge in [-0.1, -0.05) is 25.4 Å². The average Bonchev–Trinajstić information content (AvgIpc) is 2.36. The highest BCUT2D eigenvalue weighted by Gasteiger charge is 2.43. The molecule has 2 nitrogen and oxygen atoms in total. The molecule has 0 aromatic carbocycles. The van der Waals surface area contributed by atoms with Gasteiger partial charge in [-0.25, -0.2) is 0 Å². The van der Waals surface area contributed by atoms with E-state index in [0.717, 1.165) is 30.7 Å². The Labute approximate surface area is 113 Å². The molecule has 98 valence electrons. The topological polar surface area (TPSA) is 29.1 Å². The van der Waals surface area contributed by atoms with E-state index in [1.165, 1.54) is 11.3 Å². The van der Waals surface area contributed by atoms with E-state index in [1.807, 2.05) is 0 Å². The molecule has 2 unspecified atom stereocenters. The fraction of sp³-hybridized carbons (Fsp3) is 0.667. The smallest absolute Gasteiger partial charge is 0.137 e. The molecule has 3 rings (SSSR count). The molecule has 0 amide bonds. The van der Waals surface area contributed by atoms with Gasteiger partial charge in [0.05, 0.1) is 0 Å². The maximum atomic E-state index is 11.9. The number of carbonyl (C=O) groups is 1. The van der Waals surface area contributed by atoms with Gasteiger partial charge >= 0.3 is 0 Å². The van der Waals surface area contributed by atoms with Gasteiger partial charge in [-0.3, -0.25) is 4.79 Å². The minimum atomic E-state index is 0.154. The summed E-state index contributed by atoms with van der Waals surface area (Å²) in [6.07, 6.45) is 5.84. The first kappa shape index (κ1) is 12.3. The second kappa shape index (κ2) is 4.41. The van der Waals surface area contributed by atoms with Crippen molar-refractivity contribution in [2.75, 3.05) is 0 Å². The van der Waals surface area contributed by atoms with Crippen LogP contribution in [0.1, 0.15) is 39.5 Å². The number of fused-ring (bicyclic) bond motifs is 1. The van der Waals surface area contributed by atoms with E-state index in [1.54, 1.807) is 0 Å². The van der Waals surface area contributed by atoms with E-state index in [0.29, 0.717) is 23.7 Å². The summed E-state index contributed by atoms with van der Waals surface area (Å²) < 4.78 is 0. The molecule has 3 heteroatoms. The number of Topliss-reactive ketones (excluding diaryl/α,β-unsaturated/α-hetero) is 1. The van der Waals surface area contributed by atoms with Crippen molar-refractivity contribution in [3.8, 4) is 0 Å². The van der Waals surface area contributed by atoms with Gasteiger partial charge in [-0.2, -0.15) is 0 Å². The lowest BCUT2D eigenvalue weighted by molar-refractivity contribution is -0.126. The van der Waals surface area contributed by atoms with Gasteiger partial charge in [0.15, 0.2) is 0 Å². The Hall–Kier alpha value is -0.760. The number of rotatable bonds is 0. The molecule has 0 spiro atoms. The molecule has 2 aliphatic carbocycles. The van der Waals surface area contributed by atoms with Crippen LogP contribution in [0.25, 0.3) is 0 Å². The lowest BCUT2D eigenvalue weighted by atomic mass is 9.66. The van der Waals surface area contributed by atoms with E-state index in [9.17, 15) is 4.79 Å². The zero-order valence-corrected chi connectivity index (χ0v) is 11.8. The first-order valence-electron chi connectivity index (χ1n) is 6.96. The highest BCUT2D eigenvalue weighted by atomic mass is 35.5. The SMILES string of the molecule is CC1C(=O)CCC2[C@H]1NC1=C(C=C(Cl)CC1)[C@H]2C. The Balaban J connectivity index is 1.95. The van der Waals surface area contributed by atoms with Crippen LogP contribution in [0.5, 0.6) is 0 Å². The Morgan fingerprint density at radius 3 is 2.78 bits per heavy atom. The fourth-order valence-corrected chi connectivity index (χ4v) is 4.00. The monoisotopic (exact) mass is 265 g/mol. The van der Waals surface area contributed by atoms with Crippen LogP contribution < -0.4 is 5.32 Å². The van der Waals surface area contributed by atoms with E-state index in [2.05, 4.69) is 25.2 Å². The van der Waals surface area contributed by atoms with Crippen LogP contribution >= 0.6 is 11.6 Å². The maximum Gasteiger partial charge on any atom is 0.137 e. The molecule has 1 fully saturated rings. The molecule has 0 aromatic rings. The van der Waals surface area contributed by atoms with Crippen LogP contribution in [0.4, 0.5) is 0 Å². The van der Waals surface area contributed by atoms with Crippen molar-refractivity contribution < 1.29 is 4.79 Å². The minimum Gasteiger partial charge on any atom is -0.384 e. The molecule has 0 aromatic heterocycles. The van der Waals surface area contributed by atoms with Gasteiger partial charge in [0.2, 0.25) is 0 Å². The van der Waals surface area contributed by atoms with Gasteiger partial charge < -0.3 is 5.32 Å². The molecule has 0 radical (unpaired) electrons. The lowest BCUT2D eigenvalue weighted by Crippen LogP contribution is -2.52. The molecule has 1 N–H and O–H groups in total. The van der Waals surface area contributed by atoms with E-state index in [4.69, 9.17) is 11.6 Å². The summed E-state index contributed by atoms with van der Waals surface area (Å²) in [5.41, 5.74) is 2.71. The van der Waals surface area contributed by atoms with Crippen molar-refractivity contribution in [2.24, 2.45) is 17.8 Å². The first-order valence-corrected chi connectivity index (χ1v) is 7.34. The van der Waals surface area contributed by atoms with Gasteiger partial charge in [0.1, 0.15) is 5.78 Å². The molecule has 18 heavy (non-hydrogen) atoms. The number of hydrogen-bond donors (Lipinski definition) is 1. The molecule has 1 aliphatic heterocycles. The zero-order valence-electron chi connectivity index (χ0n) is 11.0. The number of halogens is 1. The van der Waals surface area contributed by atoms with Crippen molar-refractivity contribution >= 4 is 17.4 Å². The standard InChI is InChI=1S/C15H20ClNO/c1-8-11-4-6-14(18)9(2)15(11)17-13-5-3-10(16)7-12(8)13/h7-9,11,15,17H,3-6H2,1-2H3/t8-,9?,11?,15-/m0/s1. The van der Waals surface area contributed by atoms with Crippen molar-refractivity contribution in [1.29, 1.82) is 0 Å². The summed E-state index contributed by atoms with van der Waals surface area (Å²) in [7, 11) is 0. The van der Waals surface area contributed by atoms with Crippen LogP contribution in [0.15, 0.2) is 22.4 Å². The molecule has 3 aliphatic rings. The second-order valence-corrected chi connectivity index (χ2v) is 6.43. The third-order valence-electron chi connectivity index (χ3n) is 4.98. The maximum absolute atomic E-state index is 11.9. The quantitative estimate of drug-likeness (QED) is 0.728. The third-order valence-corrected chi connectivity index (χ3v) is 5.28. The fourth-order valence-electron chi connectivity index (χ4n) is 3.79. The number of carbonyl (C=O) groups excluding carboxylic acids is 1. The molecular weight excluding hydrogens is 246 g/mol. The number of hydrogen-bond acceptors (Lipinski definition) is 2. The van der Waals surface area contributed by atoms with Crippen molar-refractivity contribution in [3.63, 3.8) is 0 Å². The Morgan fingerprint density at radius 2 is 2.00 bits per heavy atom. The third kappa shape index (κ3) is 1.82. The highest BCUT2D eigenvalue weighted by Crippen LogP contribution is 2.43. The number of ketones is 1. The summed E-state index contributed by atoms with van der Waals surface area (Å²) >= 11 is 6.17. The van der Waals surface area contributed by atoms with E-state index >= 15 is 0 Å². The van der Waals surface area contributed by atoms with Gasteiger partial charge in [0, 0.05) is 29.1 Å². The number of nitrogens with one attached hydrogen (secondary N) is 1. The summed E-state index contributed by atoms with van der Waals surface area (Å²) in [6.45, 7) is 4.37. The van der Waals surface area contributed by atoms with Crippen LogP contribution in [0.2, 0.25) is 0 Å². The van der Waals surface area contributed by atoms with Gasteiger partial charge in [0.25, 0.3) is 0 Å². The second-order valence-electron chi connectivity index (χ2n) is 5.94. The zero-order chi connectivity index (χ0) is 12.9. The van der Waals surface area contributed by atoms with Gasteiger partial charge in [-0.15, -0.1) is 0 Å². The lowest BCUT2D eigenvalue weighted by Gasteiger charge is -2.46. The predicted molar refractivity (Wildman–Crippen MR) is 73.2 cm³/mol. The molecular formula is C15H20ClNO. The molecule has 0 bridgehead atoms. The summed E-state index contributed by atoms with van der Waals surface area (Å²) in [6, 6.07) is 0.338. The van der Waals surface area contributed by atoms with E-state index in [-0.39, 0.29) is 5.92 Å². The van der Waals surface area contributed by atoms with E-state index < -0.39 is 0 Å². The molecule has 1 saturated carbocycles. The van der Waals surface area contributed by atoms with Crippen LogP contribution in [-0.4, -0.2) is 11.8 Å². The van der Waals surface area contributed by atoms with Crippen LogP contribution in [0, 0.1) is 17.8 Å². The average molecular weight is 266 g/mol. The first-order chi connectivity index (χ1) is 8.58. The summed E-state index contributed by atoms with van der Waals surface area (Å²) in [4.78, 5) is 11.9.